The maximum absolute atomic E-state index is 12.8. The molecule has 1 aliphatic rings. The summed E-state index contributed by atoms with van der Waals surface area (Å²) in [6.45, 7) is 2.64. The van der Waals surface area contributed by atoms with Crippen LogP contribution in [0.5, 0.6) is 0 Å². The van der Waals surface area contributed by atoms with Crippen LogP contribution < -0.4 is 0 Å². The summed E-state index contributed by atoms with van der Waals surface area (Å²) in [5, 5.41) is 0. The lowest BCUT2D eigenvalue weighted by molar-refractivity contribution is -0.137. The van der Waals surface area contributed by atoms with Crippen molar-refractivity contribution in [1.29, 1.82) is 0 Å². The Morgan fingerprint density at radius 2 is 1.96 bits per heavy atom. The summed E-state index contributed by atoms with van der Waals surface area (Å²) in [7, 11) is 0. The van der Waals surface area contributed by atoms with Gasteiger partial charge in [-0.1, -0.05) is 24.3 Å². The van der Waals surface area contributed by atoms with E-state index in [0.717, 1.165) is 56.2 Å². The quantitative estimate of drug-likeness (QED) is 0.771. The first-order valence-electron chi connectivity index (χ1n) is 8.51. The highest BCUT2D eigenvalue weighted by atomic mass is 19.4. The Morgan fingerprint density at radius 1 is 1.08 bits per heavy atom. The molecule has 0 radical (unpaired) electrons. The molecule has 0 amide bonds. The SMILES string of the molecule is FC(F)(F)c1cccc(C2=CCN(CCCc3ccccn3)CC2)c1. The van der Waals surface area contributed by atoms with Crippen LogP contribution >= 0.6 is 0 Å². The van der Waals surface area contributed by atoms with Crippen LogP contribution in [0.1, 0.15) is 29.7 Å². The predicted molar refractivity (Wildman–Crippen MR) is 93.0 cm³/mol. The fraction of sp³-hybridized carbons (Fsp3) is 0.350. The molecule has 0 saturated heterocycles. The van der Waals surface area contributed by atoms with E-state index in [1.54, 1.807) is 12.3 Å². The summed E-state index contributed by atoms with van der Waals surface area (Å²) in [5.74, 6) is 0. The third kappa shape index (κ3) is 4.92. The molecule has 0 unspecified atom stereocenters. The van der Waals surface area contributed by atoms with Crippen molar-refractivity contribution in [3.8, 4) is 0 Å². The lowest BCUT2D eigenvalue weighted by Crippen LogP contribution is -2.29. The van der Waals surface area contributed by atoms with Crippen molar-refractivity contribution in [2.45, 2.75) is 25.4 Å². The molecule has 0 N–H and O–H groups in total. The monoisotopic (exact) mass is 346 g/mol. The minimum Gasteiger partial charge on any atom is -0.299 e. The van der Waals surface area contributed by atoms with Crippen molar-refractivity contribution in [2.75, 3.05) is 19.6 Å². The van der Waals surface area contributed by atoms with Crippen molar-refractivity contribution in [3.05, 3.63) is 71.6 Å². The number of nitrogens with zero attached hydrogens (tertiary/aromatic N) is 2. The molecule has 1 aromatic heterocycles. The molecule has 3 rings (SSSR count). The minimum atomic E-state index is -4.29. The van der Waals surface area contributed by atoms with E-state index in [9.17, 15) is 13.2 Å². The Balaban J connectivity index is 1.54. The maximum atomic E-state index is 12.8. The van der Waals surface area contributed by atoms with Crippen LogP contribution in [0.3, 0.4) is 0 Å². The highest BCUT2D eigenvalue weighted by molar-refractivity contribution is 5.67. The first kappa shape index (κ1) is 17.7. The fourth-order valence-electron chi connectivity index (χ4n) is 3.10. The molecule has 0 fully saturated rings. The second-order valence-corrected chi connectivity index (χ2v) is 6.28. The van der Waals surface area contributed by atoms with Crippen LogP contribution in [0.25, 0.3) is 5.57 Å². The van der Waals surface area contributed by atoms with E-state index >= 15 is 0 Å². The van der Waals surface area contributed by atoms with Gasteiger partial charge in [0.2, 0.25) is 0 Å². The Morgan fingerprint density at radius 3 is 2.64 bits per heavy atom. The third-order valence-corrected chi connectivity index (χ3v) is 4.49. The number of pyridine rings is 1. The van der Waals surface area contributed by atoms with Gasteiger partial charge in [0.05, 0.1) is 5.56 Å². The molecule has 0 aliphatic carbocycles. The molecule has 0 saturated carbocycles. The highest BCUT2D eigenvalue weighted by Gasteiger charge is 2.30. The molecule has 0 spiro atoms. The topological polar surface area (TPSA) is 16.1 Å². The Labute approximate surface area is 146 Å². The Bertz CT molecular complexity index is 723. The van der Waals surface area contributed by atoms with E-state index < -0.39 is 11.7 Å². The van der Waals surface area contributed by atoms with Gasteiger partial charge in [-0.25, -0.2) is 0 Å². The van der Waals surface area contributed by atoms with Crippen molar-refractivity contribution >= 4 is 5.57 Å². The summed E-state index contributed by atoms with van der Waals surface area (Å²) in [6, 6.07) is 11.6. The minimum absolute atomic E-state index is 0.580. The first-order valence-corrected chi connectivity index (χ1v) is 8.51. The fourth-order valence-corrected chi connectivity index (χ4v) is 3.10. The number of hydrogen-bond donors (Lipinski definition) is 0. The van der Waals surface area contributed by atoms with E-state index in [1.165, 1.54) is 12.1 Å². The number of aromatic nitrogens is 1. The van der Waals surface area contributed by atoms with Crippen molar-refractivity contribution in [1.82, 2.24) is 9.88 Å². The number of alkyl halides is 3. The molecule has 2 aromatic rings. The standard InChI is InChI=1S/C20H21F3N2/c21-20(22,23)18-6-3-5-17(15-18)16-9-13-25(14-10-16)12-4-8-19-7-1-2-11-24-19/h1-3,5-7,9,11,15H,4,8,10,12-14H2. The predicted octanol–water partition coefficient (Wildman–Crippen LogP) is 4.82. The van der Waals surface area contributed by atoms with Gasteiger partial charge in [-0.15, -0.1) is 0 Å². The van der Waals surface area contributed by atoms with E-state index in [2.05, 4.69) is 16.0 Å². The highest BCUT2D eigenvalue weighted by Crippen LogP contribution is 2.32. The Kier molecular flexibility index (Phi) is 5.53. The lowest BCUT2D eigenvalue weighted by atomic mass is 9.97. The van der Waals surface area contributed by atoms with E-state index in [1.807, 2.05) is 18.2 Å². The zero-order valence-electron chi connectivity index (χ0n) is 14.0. The number of hydrogen-bond acceptors (Lipinski definition) is 2. The Hall–Kier alpha value is -2.14. The van der Waals surface area contributed by atoms with E-state index in [4.69, 9.17) is 0 Å². The molecule has 1 aliphatic heterocycles. The van der Waals surface area contributed by atoms with Crippen LogP contribution in [-0.2, 0) is 12.6 Å². The van der Waals surface area contributed by atoms with Crippen molar-refractivity contribution < 1.29 is 13.2 Å². The van der Waals surface area contributed by atoms with Crippen LogP contribution in [0.2, 0.25) is 0 Å². The molecule has 1 aromatic carbocycles. The summed E-state index contributed by atoms with van der Waals surface area (Å²) >= 11 is 0. The van der Waals surface area contributed by atoms with Crippen LogP contribution in [-0.4, -0.2) is 29.5 Å². The van der Waals surface area contributed by atoms with Gasteiger partial charge in [-0.3, -0.25) is 9.88 Å². The summed E-state index contributed by atoms with van der Waals surface area (Å²) in [6.07, 6.45) is 2.33. The van der Waals surface area contributed by atoms with Gasteiger partial charge in [-0.05, 0) is 61.2 Å². The molecule has 25 heavy (non-hydrogen) atoms. The molecule has 5 heteroatoms. The molecular formula is C20H21F3N2. The van der Waals surface area contributed by atoms with Gasteiger partial charge in [-0.2, -0.15) is 13.2 Å². The zero-order valence-corrected chi connectivity index (χ0v) is 14.0. The maximum Gasteiger partial charge on any atom is 0.416 e. The van der Waals surface area contributed by atoms with Crippen LogP contribution in [0.15, 0.2) is 54.7 Å². The van der Waals surface area contributed by atoms with Crippen molar-refractivity contribution in [2.24, 2.45) is 0 Å². The zero-order chi connectivity index (χ0) is 17.7. The lowest BCUT2D eigenvalue weighted by Gasteiger charge is -2.26. The number of aryl methyl sites for hydroxylation is 1. The molecular weight excluding hydrogens is 325 g/mol. The molecule has 2 heterocycles. The summed E-state index contributed by atoms with van der Waals surface area (Å²) in [5.41, 5.74) is 2.21. The van der Waals surface area contributed by atoms with Crippen molar-refractivity contribution in [3.63, 3.8) is 0 Å². The second-order valence-electron chi connectivity index (χ2n) is 6.28. The van der Waals surface area contributed by atoms with Crippen LogP contribution in [0.4, 0.5) is 13.2 Å². The van der Waals surface area contributed by atoms with E-state index in [0.29, 0.717) is 5.56 Å². The summed E-state index contributed by atoms with van der Waals surface area (Å²) < 4.78 is 38.5. The van der Waals surface area contributed by atoms with Gasteiger partial charge in [0.15, 0.2) is 0 Å². The molecule has 0 bridgehead atoms. The molecule has 0 atom stereocenters. The number of benzene rings is 1. The number of halogens is 3. The average molecular weight is 346 g/mol. The van der Waals surface area contributed by atoms with E-state index in [-0.39, 0.29) is 0 Å². The second kappa shape index (κ2) is 7.83. The molecule has 2 nitrogen and oxygen atoms in total. The first-order chi connectivity index (χ1) is 12.0. The van der Waals surface area contributed by atoms with Crippen LogP contribution in [0, 0.1) is 0 Å². The normalized spacial score (nSPS) is 15.9. The smallest absolute Gasteiger partial charge is 0.299 e. The summed E-state index contributed by atoms with van der Waals surface area (Å²) in [4.78, 5) is 6.65. The largest absolute Gasteiger partial charge is 0.416 e. The van der Waals surface area contributed by atoms with Gasteiger partial charge in [0.1, 0.15) is 0 Å². The molecule has 132 valence electrons. The number of rotatable bonds is 5. The van der Waals surface area contributed by atoms with Gasteiger partial charge in [0.25, 0.3) is 0 Å². The average Bonchev–Trinajstić information content (AvgIpc) is 2.63. The van der Waals surface area contributed by atoms with Gasteiger partial charge in [0, 0.05) is 25.0 Å². The van der Waals surface area contributed by atoms with Gasteiger partial charge >= 0.3 is 6.18 Å². The third-order valence-electron chi connectivity index (χ3n) is 4.49. The van der Waals surface area contributed by atoms with Gasteiger partial charge < -0.3 is 0 Å².